The van der Waals surface area contributed by atoms with Gasteiger partial charge in [-0.3, -0.25) is 0 Å². The van der Waals surface area contributed by atoms with Gasteiger partial charge in [-0.25, -0.2) is 4.39 Å². The number of alkyl halides is 1. The molecule has 1 aliphatic carbocycles. The first-order valence-corrected chi connectivity index (χ1v) is 5.06. The molecule has 0 spiro atoms. The summed E-state index contributed by atoms with van der Waals surface area (Å²) >= 11 is 0. The van der Waals surface area contributed by atoms with Crippen LogP contribution in [0.15, 0.2) is 0 Å². The van der Waals surface area contributed by atoms with Crippen LogP contribution >= 0.6 is 0 Å². The van der Waals surface area contributed by atoms with Crippen molar-refractivity contribution in [3.63, 3.8) is 0 Å². The molecule has 1 N–H and O–H groups in total. The predicted octanol–water partition coefficient (Wildman–Crippen LogP) is 2.51. The van der Waals surface area contributed by atoms with E-state index in [9.17, 15) is 4.39 Å². The summed E-state index contributed by atoms with van der Waals surface area (Å²) in [5.74, 6) is 0.702. The highest BCUT2D eigenvalue weighted by Crippen LogP contribution is 2.20. The quantitative estimate of drug-likeness (QED) is 0.691. The summed E-state index contributed by atoms with van der Waals surface area (Å²) in [6.45, 7) is 5.48. The zero-order valence-corrected chi connectivity index (χ0v) is 8.15. The summed E-state index contributed by atoms with van der Waals surface area (Å²) in [6.07, 6.45) is 3.04. The van der Waals surface area contributed by atoms with E-state index in [1.165, 1.54) is 0 Å². The molecule has 0 unspecified atom stereocenters. The second-order valence-electron chi connectivity index (χ2n) is 4.25. The average Bonchev–Trinajstić information content (AvgIpc) is 2.03. The highest BCUT2D eigenvalue weighted by Gasteiger charge is 2.19. The van der Waals surface area contributed by atoms with Crippen LogP contribution in [0.25, 0.3) is 0 Å². The van der Waals surface area contributed by atoms with Crippen molar-refractivity contribution in [2.45, 2.75) is 51.7 Å². The first kappa shape index (κ1) is 9.97. The lowest BCUT2D eigenvalue weighted by atomic mass is 9.94. The fraction of sp³-hybridized carbons (Fsp3) is 1.00. The third-order valence-electron chi connectivity index (χ3n) is 2.47. The molecule has 2 heteroatoms. The van der Waals surface area contributed by atoms with Crippen molar-refractivity contribution in [2.24, 2.45) is 5.92 Å². The van der Waals surface area contributed by atoms with E-state index < -0.39 is 6.17 Å². The standard InChI is InChI=1S/C10H20FN/c1-8(2)7-12-10-5-3-9(11)4-6-10/h8-10,12H,3-7H2,1-2H3. The minimum atomic E-state index is -0.526. The van der Waals surface area contributed by atoms with Gasteiger partial charge < -0.3 is 5.32 Å². The fourth-order valence-electron chi connectivity index (χ4n) is 1.66. The van der Waals surface area contributed by atoms with Crippen molar-refractivity contribution in [1.82, 2.24) is 5.32 Å². The van der Waals surface area contributed by atoms with Crippen LogP contribution in [0.1, 0.15) is 39.5 Å². The van der Waals surface area contributed by atoms with Gasteiger partial charge in [0, 0.05) is 6.04 Å². The minimum absolute atomic E-state index is 0.526. The molecule has 1 nitrogen and oxygen atoms in total. The molecule has 12 heavy (non-hydrogen) atoms. The Morgan fingerprint density at radius 2 is 1.83 bits per heavy atom. The second-order valence-corrected chi connectivity index (χ2v) is 4.25. The van der Waals surface area contributed by atoms with Gasteiger partial charge in [0.1, 0.15) is 6.17 Å². The van der Waals surface area contributed by atoms with Gasteiger partial charge in [-0.15, -0.1) is 0 Å². The van der Waals surface area contributed by atoms with E-state index >= 15 is 0 Å². The Morgan fingerprint density at radius 3 is 2.33 bits per heavy atom. The van der Waals surface area contributed by atoms with Gasteiger partial charge in [0.2, 0.25) is 0 Å². The van der Waals surface area contributed by atoms with Gasteiger partial charge in [0.15, 0.2) is 0 Å². The normalized spacial score (nSPS) is 31.0. The van der Waals surface area contributed by atoms with Gasteiger partial charge in [-0.2, -0.15) is 0 Å². The summed E-state index contributed by atoms with van der Waals surface area (Å²) in [5, 5.41) is 3.47. The van der Waals surface area contributed by atoms with Crippen LogP contribution in [-0.2, 0) is 0 Å². The summed E-state index contributed by atoms with van der Waals surface area (Å²) in [4.78, 5) is 0. The Kier molecular flexibility index (Phi) is 3.99. The maximum atomic E-state index is 12.7. The highest BCUT2D eigenvalue weighted by molar-refractivity contribution is 4.76. The molecule has 0 aromatic carbocycles. The van der Waals surface area contributed by atoms with Crippen molar-refractivity contribution in [3.8, 4) is 0 Å². The van der Waals surface area contributed by atoms with E-state index in [1.54, 1.807) is 0 Å². The van der Waals surface area contributed by atoms with Crippen LogP contribution in [0.3, 0.4) is 0 Å². The Bertz CT molecular complexity index is 117. The molecule has 1 saturated carbocycles. The minimum Gasteiger partial charge on any atom is -0.314 e. The van der Waals surface area contributed by atoms with Crippen LogP contribution in [0, 0.1) is 5.92 Å². The third kappa shape index (κ3) is 3.53. The maximum Gasteiger partial charge on any atom is 0.100 e. The van der Waals surface area contributed by atoms with E-state index in [1.807, 2.05) is 0 Å². The Labute approximate surface area is 74.7 Å². The number of halogens is 1. The van der Waals surface area contributed by atoms with Gasteiger partial charge >= 0.3 is 0 Å². The highest BCUT2D eigenvalue weighted by atomic mass is 19.1. The van der Waals surface area contributed by atoms with E-state index in [-0.39, 0.29) is 0 Å². The molecular formula is C10H20FN. The SMILES string of the molecule is CC(C)CNC1CCC(F)CC1. The van der Waals surface area contributed by atoms with Gasteiger partial charge in [0.05, 0.1) is 0 Å². The predicted molar refractivity (Wildman–Crippen MR) is 50.0 cm³/mol. The summed E-state index contributed by atoms with van der Waals surface area (Å²) in [7, 11) is 0. The van der Waals surface area contributed by atoms with E-state index in [0.717, 1.165) is 32.2 Å². The number of nitrogens with one attached hydrogen (secondary N) is 1. The Balaban J connectivity index is 2.09. The van der Waals surface area contributed by atoms with Crippen molar-refractivity contribution in [3.05, 3.63) is 0 Å². The molecule has 0 bridgehead atoms. The first-order chi connectivity index (χ1) is 5.68. The van der Waals surface area contributed by atoms with Crippen LogP contribution in [0.5, 0.6) is 0 Å². The lowest BCUT2D eigenvalue weighted by Crippen LogP contribution is -2.35. The molecule has 0 radical (unpaired) electrons. The van der Waals surface area contributed by atoms with Crippen molar-refractivity contribution in [1.29, 1.82) is 0 Å². The number of hydrogen-bond donors (Lipinski definition) is 1. The molecule has 0 heterocycles. The molecule has 1 fully saturated rings. The summed E-state index contributed by atoms with van der Waals surface area (Å²) in [6, 6.07) is 0.583. The number of hydrogen-bond acceptors (Lipinski definition) is 1. The lowest BCUT2D eigenvalue weighted by Gasteiger charge is -2.25. The van der Waals surface area contributed by atoms with Crippen molar-refractivity contribution >= 4 is 0 Å². The Morgan fingerprint density at radius 1 is 1.25 bits per heavy atom. The monoisotopic (exact) mass is 173 g/mol. The molecule has 0 aromatic rings. The van der Waals surface area contributed by atoms with Gasteiger partial charge in [-0.05, 0) is 38.1 Å². The number of rotatable bonds is 3. The largest absolute Gasteiger partial charge is 0.314 e. The molecule has 0 aliphatic heterocycles. The topological polar surface area (TPSA) is 12.0 Å². The lowest BCUT2D eigenvalue weighted by molar-refractivity contribution is 0.217. The van der Waals surface area contributed by atoms with E-state index in [0.29, 0.717) is 12.0 Å². The maximum absolute atomic E-state index is 12.7. The molecule has 0 saturated heterocycles. The van der Waals surface area contributed by atoms with Crippen LogP contribution in [0.4, 0.5) is 4.39 Å². The zero-order chi connectivity index (χ0) is 8.97. The fourth-order valence-corrected chi connectivity index (χ4v) is 1.66. The molecular weight excluding hydrogens is 153 g/mol. The molecule has 72 valence electrons. The third-order valence-corrected chi connectivity index (χ3v) is 2.47. The molecule has 0 atom stereocenters. The molecule has 0 aromatic heterocycles. The molecule has 0 amide bonds. The summed E-state index contributed by atoms with van der Waals surface area (Å²) in [5.41, 5.74) is 0. The van der Waals surface area contributed by atoms with Gasteiger partial charge in [0.25, 0.3) is 0 Å². The van der Waals surface area contributed by atoms with Crippen molar-refractivity contribution < 1.29 is 4.39 Å². The Hall–Kier alpha value is -0.110. The molecule has 1 aliphatic rings. The van der Waals surface area contributed by atoms with Crippen molar-refractivity contribution in [2.75, 3.05) is 6.54 Å². The zero-order valence-electron chi connectivity index (χ0n) is 8.15. The van der Waals surface area contributed by atoms with E-state index in [2.05, 4.69) is 19.2 Å². The van der Waals surface area contributed by atoms with E-state index in [4.69, 9.17) is 0 Å². The second kappa shape index (κ2) is 4.80. The van der Waals surface area contributed by atoms with Crippen LogP contribution < -0.4 is 5.32 Å². The smallest absolute Gasteiger partial charge is 0.100 e. The van der Waals surface area contributed by atoms with Gasteiger partial charge in [-0.1, -0.05) is 13.8 Å². The van der Waals surface area contributed by atoms with Crippen LogP contribution in [-0.4, -0.2) is 18.8 Å². The summed E-state index contributed by atoms with van der Waals surface area (Å²) < 4.78 is 12.7. The first-order valence-electron chi connectivity index (χ1n) is 5.06. The molecule has 1 rings (SSSR count). The van der Waals surface area contributed by atoms with Crippen LogP contribution in [0.2, 0.25) is 0 Å². The average molecular weight is 173 g/mol.